The molecule has 1 aliphatic rings. The third-order valence-corrected chi connectivity index (χ3v) is 3.49. The molecular weight excluding hydrogens is 248 g/mol. The van der Waals surface area contributed by atoms with Crippen LogP contribution in [0.3, 0.4) is 0 Å². The molecule has 1 saturated heterocycles. The van der Waals surface area contributed by atoms with Crippen molar-refractivity contribution in [1.29, 1.82) is 0 Å². The fraction of sp³-hybridized carbons (Fsp3) is 0.750. The zero-order chi connectivity index (χ0) is 13.8. The van der Waals surface area contributed by atoms with Crippen molar-refractivity contribution in [2.45, 2.75) is 26.2 Å². The van der Waals surface area contributed by atoms with E-state index in [0.717, 1.165) is 19.5 Å². The van der Waals surface area contributed by atoms with Crippen LogP contribution in [0.1, 0.15) is 25.0 Å². The minimum Gasteiger partial charge on any atom is -0.473 e. The summed E-state index contributed by atoms with van der Waals surface area (Å²) < 4.78 is 7.02. The first-order chi connectivity index (χ1) is 9.09. The van der Waals surface area contributed by atoms with Gasteiger partial charge < -0.3 is 10.1 Å². The molecule has 7 heteroatoms. The second kappa shape index (κ2) is 6.01. The maximum absolute atomic E-state index is 11.0. The molecule has 7 nitrogen and oxygen atoms in total. The number of hydrogen-bond acceptors (Lipinski definition) is 5. The van der Waals surface area contributed by atoms with Gasteiger partial charge in [-0.2, -0.15) is 5.10 Å². The Hall–Kier alpha value is -1.63. The molecular formula is C12H20N4O3. The molecule has 2 rings (SSSR count). The molecule has 1 aliphatic heterocycles. The summed E-state index contributed by atoms with van der Waals surface area (Å²) in [4.78, 5) is 10.6. The molecule has 0 aromatic carbocycles. The summed E-state index contributed by atoms with van der Waals surface area (Å²) in [6, 6.07) is 0. The Morgan fingerprint density at radius 2 is 2.42 bits per heavy atom. The number of aryl methyl sites for hydroxylation is 2. The van der Waals surface area contributed by atoms with Crippen molar-refractivity contribution < 1.29 is 9.66 Å². The highest BCUT2D eigenvalue weighted by Crippen LogP contribution is 2.30. The van der Waals surface area contributed by atoms with E-state index in [1.54, 1.807) is 14.0 Å². The van der Waals surface area contributed by atoms with E-state index < -0.39 is 4.92 Å². The van der Waals surface area contributed by atoms with E-state index in [1.807, 2.05) is 0 Å². The molecule has 1 aromatic rings. The summed E-state index contributed by atoms with van der Waals surface area (Å²) in [7, 11) is 1.66. The third-order valence-electron chi connectivity index (χ3n) is 3.49. The highest BCUT2D eigenvalue weighted by atomic mass is 16.6. The second-order valence-electron chi connectivity index (χ2n) is 4.97. The van der Waals surface area contributed by atoms with E-state index in [0.29, 0.717) is 18.2 Å². The van der Waals surface area contributed by atoms with Gasteiger partial charge in [0.05, 0.1) is 11.5 Å². The first-order valence-corrected chi connectivity index (χ1v) is 6.61. The number of aromatic nitrogens is 2. The monoisotopic (exact) mass is 268 g/mol. The van der Waals surface area contributed by atoms with Crippen LogP contribution in [0.25, 0.3) is 0 Å². The topological polar surface area (TPSA) is 82.2 Å². The minimum atomic E-state index is -0.431. The molecule has 0 spiro atoms. The van der Waals surface area contributed by atoms with Crippen molar-refractivity contribution in [1.82, 2.24) is 15.1 Å². The second-order valence-corrected chi connectivity index (χ2v) is 4.97. The molecule has 0 aliphatic carbocycles. The molecule has 106 valence electrons. The predicted octanol–water partition coefficient (Wildman–Crippen LogP) is 1.41. The van der Waals surface area contributed by atoms with Crippen molar-refractivity contribution in [3.63, 3.8) is 0 Å². The van der Waals surface area contributed by atoms with Crippen molar-refractivity contribution >= 4 is 5.69 Å². The highest BCUT2D eigenvalue weighted by Gasteiger charge is 2.25. The van der Waals surface area contributed by atoms with Gasteiger partial charge in [0.25, 0.3) is 5.88 Å². The lowest BCUT2D eigenvalue weighted by atomic mass is 9.97. The van der Waals surface area contributed by atoms with Gasteiger partial charge >= 0.3 is 5.69 Å². The summed E-state index contributed by atoms with van der Waals surface area (Å²) in [5, 5.41) is 18.4. The number of rotatable bonds is 5. The van der Waals surface area contributed by atoms with Gasteiger partial charge in [-0.1, -0.05) is 0 Å². The van der Waals surface area contributed by atoms with Gasteiger partial charge in [0, 0.05) is 7.05 Å². The van der Waals surface area contributed by atoms with E-state index in [2.05, 4.69) is 10.4 Å². The Labute approximate surface area is 112 Å². The van der Waals surface area contributed by atoms with Gasteiger partial charge in [0.1, 0.15) is 5.69 Å². The first kappa shape index (κ1) is 13.8. The summed E-state index contributed by atoms with van der Waals surface area (Å²) in [6.45, 7) is 4.21. The van der Waals surface area contributed by atoms with E-state index in [-0.39, 0.29) is 11.6 Å². The number of hydrogen-bond donors (Lipinski definition) is 1. The summed E-state index contributed by atoms with van der Waals surface area (Å²) in [5.41, 5.74) is 0.367. The molecule has 0 amide bonds. The van der Waals surface area contributed by atoms with Crippen LogP contribution in [0, 0.1) is 23.0 Å². The number of nitro groups is 1. The van der Waals surface area contributed by atoms with Crippen LogP contribution in [0.4, 0.5) is 5.69 Å². The lowest BCUT2D eigenvalue weighted by Gasteiger charge is -2.22. The Balaban J connectivity index is 1.93. The molecule has 1 unspecified atom stereocenters. The molecule has 19 heavy (non-hydrogen) atoms. The largest absolute Gasteiger partial charge is 0.473 e. The fourth-order valence-electron chi connectivity index (χ4n) is 2.49. The zero-order valence-corrected chi connectivity index (χ0v) is 11.4. The quantitative estimate of drug-likeness (QED) is 0.645. The van der Waals surface area contributed by atoms with E-state index >= 15 is 0 Å². The van der Waals surface area contributed by atoms with Gasteiger partial charge in [0.2, 0.25) is 0 Å². The van der Waals surface area contributed by atoms with Crippen LogP contribution in [0.15, 0.2) is 0 Å². The number of nitrogens with one attached hydrogen (secondary N) is 1. The van der Waals surface area contributed by atoms with Crippen molar-refractivity contribution in [3.8, 4) is 5.88 Å². The minimum absolute atomic E-state index is 0.0238. The van der Waals surface area contributed by atoms with Gasteiger partial charge in [-0.05, 0) is 45.2 Å². The number of ether oxygens (including phenoxy) is 1. The third kappa shape index (κ3) is 3.23. The normalized spacial score (nSPS) is 19.4. The average molecular weight is 268 g/mol. The molecule has 1 N–H and O–H groups in total. The van der Waals surface area contributed by atoms with Crippen molar-refractivity contribution in [3.05, 3.63) is 15.8 Å². The number of nitrogens with zero attached hydrogens (tertiary/aromatic N) is 3. The smallest absolute Gasteiger partial charge is 0.353 e. The lowest BCUT2D eigenvalue weighted by Crippen LogP contribution is -2.30. The Bertz CT molecular complexity index is 452. The molecule has 0 saturated carbocycles. The van der Waals surface area contributed by atoms with Crippen LogP contribution in [0.2, 0.25) is 0 Å². The van der Waals surface area contributed by atoms with Crippen LogP contribution in [0.5, 0.6) is 5.88 Å². The molecule has 0 bridgehead atoms. The van der Waals surface area contributed by atoms with Crippen molar-refractivity contribution in [2.75, 3.05) is 19.7 Å². The van der Waals surface area contributed by atoms with E-state index in [1.165, 1.54) is 17.5 Å². The maximum Gasteiger partial charge on any atom is 0.353 e. The van der Waals surface area contributed by atoms with Crippen LogP contribution >= 0.6 is 0 Å². The van der Waals surface area contributed by atoms with Crippen LogP contribution < -0.4 is 10.1 Å². The van der Waals surface area contributed by atoms with Gasteiger partial charge in [-0.15, -0.1) is 0 Å². The van der Waals surface area contributed by atoms with Crippen molar-refractivity contribution in [2.24, 2.45) is 13.0 Å². The molecule has 1 fully saturated rings. The molecule has 2 heterocycles. The standard InChI is InChI=1S/C12H20N4O3/c1-9-11(16(17)18)12(15(2)14-9)19-7-5-10-4-3-6-13-8-10/h10,13H,3-8H2,1-2H3. The summed E-state index contributed by atoms with van der Waals surface area (Å²) in [6.07, 6.45) is 3.30. The van der Waals surface area contributed by atoms with Gasteiger partial charge in [-0.3, -0.25) is 10.1 Å². The van der Waals surface area contributed by atoms with Crippen LogP contribution in [-0.4, -0.2) is 34.4 Å². The molecule has 1 atom stereocenters. The zero-order valence-electron chi connectivity index (χ0n) is 11.4. The Morgan fingerprint density at radius 3 is 3.05 bits per heavy atom. The maximum atomic E-state index is 11.0. The Kier molecular flexibility index (Phi) is 4.36. The molecule has 1 aromatic heterocycles. The average Bonchev–Trinajstić information content (AvgIpc) is 2.65. The predicted molar refractivity (Wildman–Crippen MR) is 70.3 cm³/mol. The van der Waals surface area contributed by atoms with Gasteiger partial charge in [0.15, 0.2) is 0 Å². The summed E-state index contributed by atoms with van der Waals surface area (Å²) in [5.74, 6) is 0.855. The highest BCUT2D eigenvalue weighted by molar-refractivity contribution is 5.45. The van der Waals surface area contributed by atoms with Crippen LogP contribution in [-0.2, 0) is 7.05 Å². The van der Waals surface area contributed by atoms with Gasteiger partial charge in [-0.25, -0.2) is 4.68 Å². The lowest BCUT2D eigenvalue weighted by molar-refractivity contribution is -0.386. The SMILES string of the molecule is Cc1nn(C)c(OCCC2CCCNC2)c1[N+](=O)[O-]. The summed E-state index contributed by atoms with van der Waals surface area (Å²) >= 11 is 0. The van der Waals surface area contributed by atoms with E-state index in [9.17, 15) is 10.1 Å². The molecule has 0 radical (unpaired) electrons. The Morgan fingerprint density at radius 1 is 1.63 bits per heavy atom. The van der Waals surface area contributed by atoms with E-state index in [4.69, 9.17) is 4.74 Å². The fourth-order valence-corrected chi connectivity index (χ4v) is 2.49. The number of piperidine rings is 1. The first-order valence-electron chi connectivity index (χ1n) is 6.61.